The van der Waals surface area contributed by atoms with Crippen molar-refractivity contribution >= 4 is 33.8 Å². The van der Waals surface area contributed by atoms with Crippen LogP contribution in [0, 0.1) is 0 Å². The molecule has 0 atom stereocenters. The lowest BCUT2D eigenvalue weighted by atomic mass is 10.1. The van der Waals surface area contributed by atoms with Crippen LogP contribution in [0.1, 0.15) is 15.9 Å². The van der Waals surface area contributed by atoms with Gasteiger partial charge < -0.3 is 16.0 Å². The van der Waals surface area contributed by atoms with Crippen molar-refractivity contribution in [3.63, 3.8) is 0 Å². The highest BCUT2D eigenvalue weighted by atomic mass is 32.1. The minimum absolute atomic E-state index is 0.119. The van der Waals surface area contributed by atoms with Crippen molar-refractivity contribution in [1.82, 2.24) is 15.2 Å². The average molecular weight is 470 g/mol. The predicted octanol–water partition coefficient (Wildman–Crippen LogP) is 5.21. The molecule has 0 saturated carbocycles. The summed E-state index contributed by atoms with van der Waals surface area (Å²) < 4.78 is 0. The van der Waals surface area contributed by atoms with Gasteiger partial charge in [-0.25, -0.2) is 4.98 Å². The second-order valence-electron chi connectivity index (χ2n) is 8.29. The molecule has 5 rings (SSSR count). The molecular weight excluding hydrogens is 442 g/mol. The average Bonchev–Trinajstić information content (AvgIpc) is 3.34. The Morgan fingerprint density at radius 2 is 1.71 bits per heavy atom. The first-order valence-electron chi connectivity index (χ1n) is 11.4. The smallest absolute Gasteiger partial charge is 0.255 e. The van der Waals surface area contributed by atoms with E-state index in [1.165, 1.54) is 5.56 Å². The van der Waals surface area contributed by atoms with Crippen LogP contribution in [0.2, 0.25) is 0 Å². The van der Waals surface area contributed by atoms with Crippen LogP contribution in [-0.2, 0) is 6.54 Å². The van der Waals surface area contributed by atoms with E-state index in [0.717, 1.165) is 60.5 Å². The molecule has 172 valence electrons. The van der Waals surface area contributed by atoms with Crippen LogP contribution < -0.4 is 16.0 Å². The van der Waals surface area contributed by atoms with Crippen molar-refractivity contribution in [3.8, 4) is 11.3 Å². The Hall–Kier alpha value is -3.52. The zero-order chi connectivity index (χ0) is 23.2. The number of benzene rings is 3. The fourth-order valence-electron chi connectivity index (χ4n) is 3.96. The largest absolute Gasteiger partial charge is 0.331 e. The number of carbonyl (C=O) groups excluding carboxylic acids is 1. The third-order valence-corrected chi connectivity index (χ3v) is 6.54. The van der Waals surface area contributed by atoms with Crippen molar-refractivity contribution in [2.45, 2.75) is 6.54 Å². The number of amides is 1. The van der Waals surface area contributed by atoms with Gasteiger partial charge in [0.25, 0.3) is 5.91 Å². The molecule has 1 aliphatic heterocycles. The van der Waals surface area contributed by atoms with E-state index in [9.17, 15) is 4.79 Å². The number of nitrogens with zero attached hydrogens (tertiary/aromatic N) is 2. The van der Waals surface area contributed by atoms with Crippen molar-refractivity contribution < 1.29 is 4.79 Å². The van der Waals surface area contributed by atoms with E-state index in [-0.39, 0.29) is 5.91 Å². The van der Waals surface area contributed by atoms with Gasteiger partial charge in [0.05, 0.1) is 5.69 Å². The molecule has 1 aromatic heterocycles. The van der Waals surface area contributed by atoms with Crippen LogP contribution in [0.25, 0.3) is 11.3 Å². The molecule has 0 spiro atoms. The van der Waals surface area contributed by atoms with Crippen molar-refractivity contribution in [3.05, 3.63) is 95.4 Å². The van der Waals surface area contributed by atoms with Gasteiger partial charge >= 0.3 is 0 Å². The van der Waals surface area contributed by atoms with Crippen LogP contribution in [0.5, 0.6) is 0 Å². The van der Waals surface area contributed by atoms with E-state index in [2.05, 4.69) is 25.8 Å². The number of carbonyl (C=O) groups is 1. The normalized spacial score (nSPS) is 14.0. The maximum absolute atomic E-state index is 12.8. The minimum atomic E-state index is -0.119. The monoisotopic (exact) mass is 469 g/mol. The Balaban J connectivity index is 1.20. The third-order valence-electron chi connectivity index (χ3n) is 5.78. The topological polar surface area (TPSA) is 69.3 Å². The number of piperazine rings is 1. The summed E-state index contributed by atoms with van der Waals surface area (Å²) in [6.07, 6.45) is 0. The van der Waals surface area contributed by atoms with Gasteiger partial charge in [-0.05, 0) is 35.9 Å². The van der Waals surface area contributed by atoms with Crippen LogP contribution >= 0.6 is 11.3 Å². The zero-order valence-electron chi connectivity index (χ0n) is 18.8. The molecule has 3 N–H and O–H groups in total. The van der Waals surface area contributed by atoms with E-state index in [1.807, 2.05) is 84.2 Å². The maximum atomic E-state index is 12.8. The summed E-state index contributed by atoms with van der Waals surface area (Å²) in [4.78, 5) is 19.9. The Morgan fingerprint density at radius 1 is 0.941 bits per heavy atom. The van der Waals surface area contributed by atoms with Crippen LogP contribution in [0.3, 0.4) is 0 Å². The highest BCUT2D eigenvalue weighted by Gasteiger charge is 2.11. The molecule has 0 unspecified atom stereocenters. The quantitative estimate of drug-likeness (QED) is 0.347. The number of hydrogen-bond donors (Lipinski definition) is 3. The number of anilines is 3. The van der Waals surface area contributed by atoms with Gasteiger partial charge in [0.15, 0.2) is 5.13 Å². The fraction of sp³-hybridized carbons (Fsp3) is 0.185. The fourth-order valence-corrected chi connectivity index (χ4v) is 4.70. The van der Waals surface area contributed by atoms with Gasteiger partial charge in [0.1, 0.15) is 0 Å². The Labute approximate surface area is 203 Å². The number of aromatic nitrogens is 1. The minimum Gasteiger partial charge on any atom is -0.331 e. The van der Waals surface area contributed by atoms with Gasteiger partial charge in [0.2, 0.25) is 0 Å². The first-order chi connectivity index (χ1) is 16.7. The third kappa shape index (κ3) is 5.69. The van der Waals surface area contributed by atoms with Crippen molar-refractivity contribution in [2.75, 3.05) is 36.8 Å². The molecule has 7 heteroatoms. The van der Waals surface area contributed by atoms with Gasteiger partial charge in [-0.15, -0.1) is 11.3 Å². The second-order valence-corrected chi connectivity index (χ2v) is 9.15. The van der Waals surface area contributed by atoms with Crippen LogP contribution in [0.15, 0.2) is 84.2 Å². The Kier molecular flexibility index (Phi) is 6.95. The number of nitrogens with one attached hydrogen (secondary N) is 3. The molecule has 1 amide bonds. The highest BCUT2D eigenvalue weighted by molar-refractivity contribution is 7.14. The standard InChI is InChI=1S/C27H27N5OS/c33-26(22-11-9-20(10-12-22)18-32-15-13-28-14-16-32)29-23-7-4-8-24(17-23)30-27-31-25(19-34-27)21-5-2-1-3-6-21/h1-12,17,19,28H,13-16,18H2,(H,29,33)(H,30,31). The molecule has 1 saturated heterocycles. The molecule has 0 bridgehead atoms. The van der Waals surface area contributed by atoms with E-state index in [4.69, 9.17) is 0 Å². The van der Waals surface area contributed by atoms with Crippen molar-refractivity contribution in [1.29, 1.82) is 0 Å². The molecule has 4 aromatic rings. The molecular formula is C27H27N5OS. The Bertz CT molecular complexity index is 1230. The van der Waals surface area contributed by atoms with Gasteiger partial charge in [-0.3, -0.25) is 9.69 Å². The van der Waals surface area contributed by atoms with E-state index < -0.39 is 0 Å². The SMILES string of the molecule is O=C(Nc1cccc(Nc2nc(-c3ccccc3)cs2)c1)c1ccc(CN2CCNCC2)cc1. The predicted molar refractivity (Wildman–Crippen MR) is 140 cm³/mol. The van der Waals surface area contributed by atoms with Crippen molar-refractivity contribution in [2.24, 2.45) is 0 Å². The van der Waals surface area contributed by atoms with Crippen LogP contribution in [0.4, 0.5) is 16.5 Å². The summed E-state index contributed by atoms with van der Waals surface area (Å²) in [6.45, 7) is 5.10. The molecule has 2 heterocycles. The number of hydrogen-bond acceptors (Lipinski definition) is 6. The molecule has 0 radical (unpaired) electrons. The summed E-state index contributed by atoms with van der Waals surface area (Å²) in [5, 5.41) is 12.6. The lowest BCUT2D eigenvalue weighted by molar-refractivity contribution is 0.102. The lowest BCUT2D eigenvalue weighted by Crippen LogP contribution is -2.42. The van der Waals surface area contributed by atoms with E-state index in [1.54, 1.807) is 11.3 Å². The summed E-state index contributed by atoms with van der Waals surface area (Å²) in [6, 6.07) is 25.7. The van der Waals surface area contributed by atoms with Crippen LogP contribution in [-0.4, -0.2) is 42.0 Å². The summed E-state index contributed by atoms with van der Waals surface area (Å²) >= 11 is 1.55. The number of rotatable bonds is 7. The molecule has 6 nitrogen and oxygen atoms in total. The maximum Gasteiger partial charge on any atom is 0.255 e. The number of thiazole rings is 1. The first-order valence-corrected chi connectivity index (χ1v) is 12.3. The van der Waals surface area contributed by atoms with E-state index in [0.29, 0.717) is 5.56 Å². The molecule has 0 aliphatic carbocycles. The Morgan fingerprint density at radius 3 is 2.50 bits per heavy atom. The summed E-state index contributed by atoms with van der Waals surface area (Å²) in [5.74, 6) is -0.119. The summed E-state index contributed by atoms with van der Waals surface area (Å²) in [5.41, 5.74) is 5.51. The van der Waals surface area contributed by atoms with E-state index >= 15 is 0 Å². The molecule has 1 aliphatic rings. The first kappa shape index (κ1) is 22.3. The zero-order valence-corrected chi connectivity index (χ0v) is 19.6. The molecule has 1 fully saturated rings. The molecule has 3 aromatic carbocycles. The van der Waals surface area contributed by atoms with Gasteiger partial charge in [-0.1, -0.05) is 48.5 Å². The molecule has 34 heavy (non-hydrogen) atoms. The second kappa shape index (κ2) is 10.6. The van der Waals surface area contributed by atoms with Gasteiger partial charge in [-0.2, -0.15) is 0 Å². The lowest BCUT2D eigenvalue weighted by Gasteiger charge is -2.27. The summed E-state index contributed by atoms with van der Waals surface area (Å²) in [7, 11) is 0. The van der Waals surface area contributed by atoms with Gasteiger partial charge in [0, 0.05) is 60.6 Å². The highest BCUT2D eigenvalue weighted by Crippen LogP contribution is 2.28.